The molecule has 0 fully saturated rings. The van der Waals surface area contributed by atoms with Crippen molar-refractivity contribution in [2.24, 2.45) is 7.05 Å². The molecule has 1 heterocycles. The molecule has 0 radical (unpaired) electrons. The maximum Gasteiger partial charge on any atom is 0.154 e. The van der Waals surface area contributed by atoms with Gasteiger partial charge in [0, 0.05) is 17.0 Å². The van der Waals surface area contributed by atoms with Crippen molar-refractivity contribution in [2.75, 3.05) is 0 Å². The summed E-state index contributed by atoms with van der Waals surface area (Å²) in [4.78, 5) is 11.9. The molecule has 0 amide bonds. The van der Waals surface area contributed by atoms with Gasteiger partial charge in [-0.05, 0) is 25.1 Å². The molecular weight excluding hydrogens is 291 g/mol. The molecule has 3 nitrogen and oxygen atoms in total. The molecule has 6 heteroatoms. The first-order chi connectivity index (χ1) is 8.52. The third-order valence-electron chi connectivity index (χ3n) is 2.43. The zero-order chi connectivity index (χ0) is 13.3. The maximum atomic E-state index is 11.1. The van der Waals surface area contributed by atoms with E-state index in [0.29, 0.717) is 21.3 Å². The van der Waals surface area contributed by atoms with Crippen molar-refractivity contribution in [1.82, 2.24) is 9.78 Å². The number of hydrogen-bond donors (Lipinski definition) is 0. The number of halogens is 2. The predicted molar refractivity (Wildman–Crippen MR) is 73.9 cm³/mol. The first kappa shape index (κ1) is 13.5. The lowest BCUT2D eigenvalue weighted by Crippen LogP contribution is -1.93. The molecule has 0 N–H and O–H groups in total. The molecule has 1 aromatic carbocycles. The Labute approximate surface area is 119 Å². The van der Waals surface area contributed by atoms with Gasteiger partial charge >= 0.3 is 0 Å². The van der Waals surface area contributed by atoms with Crippen LogP contribution in [-0.4, -0.2) is 16.1 Å². The molecule has 0 aliphatic rings. The highest BCUT2D eigenvalue weighted by Crippen LogP contribution is 2.36. The van der Waals surface area contributed by atoms with E-state index in [9.17, 15) is 4.79 Å². The molecule has 0 aliphatic heterocycles. The smallest absolute Gasteiger partial charge is 0.154 e. The van der Waals surface area contributed by atoms with Crippen LogP contribution < -0.4 is 0 Å². The van der Waals surface area contributed by atoms with Gasteiger partial charge in [-0.3, -0.25) is 9.48 Å². The Balaban J connectivity index is 2.45. The summed E-state index contributed by atoms with van der Waals surface area (Å²) in [5.74, 6) is 0. The molecule has 1 aromatic heterocycles. The third-order valence-corrected chi connectivity index (χ3v) is 4.34. The van der Waals surface area contributed by atoms with E-state index in [4.69, 9.17) is 23.2 Å². The molecule has 18 heavy (non-hydrogen) atoms. The van der Waals surface area contributed by atoms with E-state index in [1.807, 2.05) is 0 Å². The average molecular weight is 301 g/mol. The van der Waals surface area contributed by atoms with E-state index in [1.165, 1.54) is 11.8 Å². The fraction of sp³-hybridized carbons (Fsp3) is 0.167. The lowest BCUT2D eigenvalue weighted by molar-refractivity contribution is 0.112. The number of nitrogens with zero attached hydrogens (tertiary/aromatic N) is 2. The second-order valence-corrected chi connectivity index (χ2v) is 5.60. The van der Waals surface area contributed by atoms with Crippen molar-refractivity contribution in [3.8, 4) is 0 Å². The van der Waals surface area contributed by atoms with E-state index >= 15 is 0 Å². The summed E-state index contributed by atoms with van der Waals surface area (Å²) in [6.07, 6.45) is 0.809. The normalized spacial score (nSPS) is 10.7. The van der Waals surface area contributed by atoms with Crippen molar-refractivity contribution < 1.29 is 4.79 Å². The van der Waals surface area contributed by atoms with Gasteiger partial charge in [-0.2, -0.15) is 5.10 Å². The molecule has 0 atom stereocenters. The monoisotopic (exact) mass is 300 g/mol. The van der Waals surface area contributed by atoms with Crippen molar-refractivity contribution in [2.45, 2.75) is 16.8 Å². The van der Waals surface area contributed by atoms with Gasteiger partial charge in [-0.25, -0.2) is 0 Å². The zero-order valence-corrected chi connectivity index (χ0v) is 12.1. The number of carbonyl (C=O) groups is 1. The highest BCUT2D eigenvalue weighted by Gasteiger charge is 2.15. The predicted octanol–water partition coefficient (Wildman–Crippen LogP) is 4.00. The summed E-state index contributed by atoms with van der Waals surface area (Å²) >= 11 is 13.4. The van der Waals surface area contributed by atoms with Crippen LogP contribution in [0, 0.1) is 6.92 Å². The molecule has 2 rings (SSSR count). The summed E-state index contributed by atoms with van der Waals surface area (Å²) in [5.41, 5.74) is 1.28. The van der Waals surface area contributed by atoms with Crippen molar-refractivity contribution in [1.29, 1.82) is 0 Å². The van der Waals surface area contributed by atoms with Gasteiger partial charge in [0.25, 0.3) is 0 Å². The Morgan fingerprint density at radius 2 is 2.11 bits per heavy atom. The first-order valence-corrected chi connectivity index (χ1v) is 6.72. The summed E-state index contributed by atoms with van der Waals surface area (Å²) in [6.45, 7) is 1.80. The molecule has 0 saturated carbocycles. The Hall–Kier alpha value is -0.970. The van der Waals surface area contributed by atoms with Crippen molar-refractivity contribution >= 4 is 41.2 Å². The quantitative estimate of drug-likeness (QED) is 0.804. The van der Waals surface area contributed by atoms with E-state index in [1.54, 1.807) is 36.9 Å². The standard InChI is InChI=1S/C12H10Cl2N2OS/c1-7-9(6-17)12(16(2)15-7)18-11-5-8(13)3-4-10(11)14/h3-6H,1-2H3. The number of hydrogen-bond acceptors (Lipinski definition) is 3. The minimum Gasteiger partial charge on any atom is -0.298 e. The van der Waals surface area contributed by atoms with Gasteiger partial charge in [-0.15, -0.1) is 0 Å². The second-order valence-electron chi connectivity index (χ2n) is 3.72. The Kier molecular flexibility index (Phi) is 4.00. The summed E-state index contributed by atoms with van der Waals surface area (Å²) in [6, 6.07) is 5.23. The summed E-state index contributed by atoms with van der Waals surface area (Å²) in [7, 11) is 1.79. The van der Waals surface area contributed by atoms with Gasteiger partial charge in [-0.1, -0.05) is 35.0 Å². The number of aryl methyl sites for hydroxylation is 2. The van der Waals surface area contributed by atoms with E-state index in [2.05, 4.69) is 5.10 Å². The maximum absolute atomic E-state index is 11.1. The molecule has 0 aliphatic carbocycles. The first-order valence-electron chi connectivity index (χ1n) is 5.14. The van der Waals surface area contributed by atoms with Gasteiger partial charge in [0.1, 0.15) is 5.03 Å². The summed E-state index contributed by atoms with van der Waals surface area (Å²) < 4.78 is 1.67. The van der Waals surface area contributed by atoms with E-state index < -0.39 is 0 Å². The second kappa shape index (κ2) is 5.34. The number of aldehydes is 1. The fourth-order valence-corrected chi connectivity index (χ4v) is 3.08. The average Bonchev–Trinajstić information content (AvgIpc) is 2.58. The lowest BCUT2D eigenvalue weighted by atomic mass is 10.3. The summed E-state index contributed by atoms with van der Waals surface area (Å²) in [5, 5.41) is 6.18. The molecule has 0 unspecified atom stereocenters. The Morgan fingerprint density at radius 1 is 1.39 bits per heavy atom. The number of benzene rings is 1. The minimum absolute atomic E-state index is 0.582. The number of carbonyl (C=O) groups excluding carboxylic acids is 1. The van der Waals surface area contributed by atoms with Crippen LogP contribution in [0.3, 0.4) is 0 Å². The van der Waals surface area contributed by atoms with Crippen LogP contribution in [0.2, 0.25) is 10.0 Å². The fourth-order valence-electron chi connectivity index (χ4n) is 1.57. The van der Waals surface area contributed by atoms with Crippen LogP contribution >= 0.6 is 35.0 Å². The van der Waals surface area contributed by atoms with Gasteiger partial charge in [0.15, 0.2) is 6.29 Å². The Bertz CT molecular complexity index is 610. The van der Waals surface area contributed by atoms with Crippen LogP contribution in [0.1, 0.15) is 16.1 Å². The van der Waals surface area contributed by atoms with Crippen LogP contribution in [0.4, 0.5) is 0 Å². The van der Waals surface area contributed by atoms with Gasteiger partial charge < -0.3 is 0 Å². The third kappa shape index (κ3) is 2.55. The minimum atomic E-state index is 0.582. The largest absolute Gasteiger partial charge is 0.298 e. The van der Waals surface area contributed by atoms with Crippen LogP contribution in [-0.2, 0) is 7.05 Å². The Morgan fingerprint density at radius 3 is 2.78 bits per heavy atom. The topological polar surface area (TPSA) is 34.9 Å². The molecular formula is C12H10Cl2N2OS. The molecule has 0 spiro atoms. The lowest BCUT2D eigenvalue weighted by Gasteiger charge is -2.05. The van der Waals surface area contributed by atoms with Crippen LogP contribution in [0.5, 0.6) is 0 Å². The van der Waals surface area contributed by atoms with E-state index in [0.717, 1.165) is 16.2 Å². The van der Waals surface area contributed by atoms with Crippen LogP contribution in [0.25, 0.3) is 0 Å². The molecule has 0 saturated heterocycles. The van der Waals surface area contributed by atoms with Crippen LogP contribution in [0.15, 0.2) is 28.1 Å². The molecule has 0 bridgehead atoms. The molecule has 2 aromatic rings. The van der Waals surface area contributed by atoms with Gasteiger partial charge in [0.05, 0.1) is 16.3 Å². The highest BCUT2D eigenvalue weighted by atomic mass is 35.5. The van der Waals surface area contributed by atoms with Crippen molar-refractivity contribution in [3.63, 3.8) is 0 Å². The zero-order valence-electron chi connectivity index (χ0n) is 9.78. The number of aromatic nitrogens is 2. The van der Waals surface area contributed by atoms with Crippen molar-refractivity contribution in [3.05, 3.63) is 39.5 Å². The van der Waals surface area contributed by atoms with Gasteiger partial charge in [0.2, 0.25) is 0 Å². The van der Waals surface area contributed by atoms with E-state index in [-0.39, 0.29) is 0 Å². The highest BCUT2D eigenvalue weighted by molar-refractivity contribution is 7.99. The number of rotatable bonds is 3. The SMILES string of the molecule is Cc1nn(C)c(Sc2cc(Cl)ccc2Cl)c1C=O. The molecule has 94 valence electrons.